The Labute approximate surface area is 135 Å². The Morgan fingerprint density at radius 2 is 2.18 bits per heavy atom. The number of hydrogen-bond donors (Lipinski definition) is 0. The highest BCUT2D eigenvalue weighted by molar-refractivity contribution is 7.99. The molecule has 1 aromatic heterocycles. The third kappa shape index (κ3) is 3.80. The Morgan fingerprint density at radius 3 is 2.91 bits per heavy atom. The molecule has 1 heterocycles. The molecule has 1 aliphatic rings. The van der Waals surface area contributed by atoms with Crippen LogP contribution in [0.15, 0.2) is 41.6 Å². The number of benzene rings is 1. The summed E-state index contributed by atoms with van der Waals surface area (Å²) >= 11 is 1.72. The van der Waals surface area contributed by atoms with Gasteiger partial charge in [0.05, 0.1) is 0 Å². The summed E-state index contributed by atoms with van der Waals surface area (Å²) in [5.74, 6) is 1.63. The van der Waals surface area contributed by atoms with Gasteiger partial charge in [-0.15, -0.1) is 11.8 Å². The van der Waals surface area contributed by atoms with Gasteiger partial charge in [0, 0.05) is 11.8 Å². The van der Waals surface area contributed by atoms with Crippen molar-refractivity contribution in [2.24, 2.45) is 0 Å². The first-order valence-corrected chi connectivity index (χ1v) is 8.75. The molecule has 1 fully saturated rings. The largest absolute Gasteiger partial charge is 0.486 e. The lowest BCUT2D eigenvalue weighted by Gasteiger charge is -2.11. The highest BCUT2D eigenvalue weighted by Crippen LogP contribution is 2.41. The van der Waals surface area contributed by atoms with Crippen LogP contribution >= 0.6 is 11.8 Å². The first kappa shape index (κ1) is 15.3. The number of nitrogens with zero attached hydrogens (tertiary/aromatic N) is 1. The van der Waals surface area contributed by atoms with E-state index in [0.717, 1.165) is 28.3 Å². The van der Waals surface area contributed by atoms with Crippen molar-refractivity contribution in [3.8, 4) is 5.75 Å². The van der Waals surface area contributed by atoms with Gasteiger partial charge in [0.15, 0.2) is 11.6 Å². The van der Waals surface area contributed by atoms with E-state index in [2.05, 4.69) is 11.9 Å². The lowest BCUT2D eigenvalue weighted by molar-refractivity contribution is 0.286. The molecule has 0 saturated heterocycles. The van der Waals surface area contributed by atoms with Gasteiger partial charge < -0.3 is 4.74 Å². The zero-order chi connectivity index (χ0) is 15.4. The predicted octanol–water partition coefficient (Wildman–Crippen LogP) is 5.18. The van der Waals surface area contributed by atoms with Gasteiger partial charge in [-0.1, -0.05) is 19.1 Å². The van der Waals surface area contributed by atoms with Crippen molar-refractivity contribution in [2.75, 3.05) is 5.75 Å². The summed E-state index contributed by atoms with van der Waals surface area (Å²) in [6.45, 7) is 2.49. The van der Waals surface area contributed by atoms with Crippen LogP contribution in [-0.2, 0) is 6.61 Å². The predicted molar refractivity (Wildman–Crippen MR) is 88.0 cm³/mol. The highest BCUT2D eigenvalue weighted by atomic mass is 32.2. The second-order valence-electron chi connectivity index (χ2n) is 5.57. The Balaban J connectivity index is 1.67. The summed E-state index contributed by atoms with van der Waals surface area (Å²) in [5, 5.41) is 0.972. The highest BCUT2D eigenvalue weighted by Gasteiger charge is 2.24. The third-order valence-corrected chi connectivity index (χ3v) is 4.93. The maximum absolute atomic E-state index is 14.1. The third-order valence-electron chi connectivity index (χ3n) is 3.68. The lowest BCUT2D eigenvalue weighted by atomic mass is 10.1. The molecule has 0 aliphatic heterocycles. The zero-order valence-corrected chi connectivity index (χ0v) is 13.5. The van der Waals surface area contributed by atoms with Gasteiger partial charge in [0.2, 0.25) is 0 Å². The number of rotatable bonds is 7. The number of hydrogen-bond acceptors (Lipinski definition) is 3. The molecular weight excluding hydrogens is 297 g/mol. The fourth-order valence-corrected chi connectivity index (χ4v) is 3.17. The van der Waals surface area contributed by atoms with Gasteiger partial charge in [-0.3, -0.25) is 0 Å². The van der Waals surface area contributed by atoms with E-state index < -0.39 is 0 Å². The minimum atomic E-state index is -0.268. The molecule has 1 aliphatic carbocycles. The lowest BCUT2D eigenvalue weighted by Crippen LogP contribution is -2.01. The van der Waals surface area contributed by atoms with Gasteiger partial charge in [-0.05, 0) is 54.7 Å². The van der Waals surface area contributed by atoms with Gasteiger partial charge in [-0.25, -0.2) is 9.37 Å². The molecule has 116 valence electrons. The van der Waals surface area contributed by atoms with Crippen LogP contribution in [0.1, 0.15) is 43.2 Å². The fraction of sp³-hybridized carbons (Fsp3) is 0.389. The van der Waals surface area contributed by atoms with E-state index in [1.54, 1.807) is 30.1 Å². The minimum absolute atomic E-state index is 0.268. The molecule has 2 aromatic rings. The van der Waals surface area contributed by atoms with Crippen molar-refractivity contribution in [2.45, 2.75) is 43.7 Å². The maximum atomic E-state index is 14.1. The second kappa shape index (κ2) is 7.14. The van der Waals surface area contributed by atoms with E-state index in [4.69, 9.17) is 4.74 Å². The molecule has 2 nitrogen and oxygen atoms in total. The molecule has 4 heteroatoms. The van der Waals surface area contributed by atoms with Crippen LogP contribution in [0.2, 0.25) is 0 Å². The van der Waals surface area contributed by atoms with E-state index >= 15 is 0 Å². The van der Waals surface area contributed by atoms with E-state index in [1.807, 2.05) is 18.2 Å². The molecule has 0 atom stereocenters. The monoisotopic (exact) mass is 317 g/mol. The van der Waals surface area contributed by atoms with E-state index in [-0.39, 0.29) is 5.82 Å². The molecule has 0 radical (unpaired) electrons. The first-order chi connectivity index (χ1) is 10.8. The van der Waals surface area contributed by atoms with Crippen molar-refractivity contribution in [1.82, 2.24) is 4.98 Å². The average Bonchev–Trinajstić information content (AvgIpc) is 3.37. The molecule has 1 saturated carbocycles. The van der Waals surface area contributed by atoms with Gasteiger partial charge in [-0.2, -0.15) is 0 Å². The van der Waals surface area contributed by atoms with Crippen LogP contribution in [0, 0.1) is 5.82 Å². The van der Waals surface area contributed by atoms with Crippen molar-refractivity contribution in [3.63, 3.8) is 0 Å². The van der Waals surface area contributed by atoms with Crippen molar-refractivity contribution in [3.05, 3.63) is 53.5 Å². The number of thioether (sulfide) groups is 1. The molecule has 0 bridgehead atoms. The Kier molecular flexibility index (Phi) is 4.98. The standard InChI is InChI=1S/C18H20FNOS/c1-2-10-22-18-15(4-3-9-20-18)12-21-17-8-7-14(11-16(17)19)13-5-6-13/h3-4,7-9,11,13H,2,5-6,10,12H2,1H3. The van der Waals surface area contributed by atoms with E-state index in [1.165, 1.54) is 12.8 Å². The van der Waals surface area contributed by atoms with Crippen LogP contribution in [0.25, 0.3) is 0 Å². The van der Waals surface area contributed by atoms with Crippen LogP contribution in [0.5, 0.6) is 5.75 Å². The van der Waals surface area contributed by atoms with Crippen molar-refractivity contribution >= 4 is 11.8 Å². The number of aromatic nitrogens is 1. The molecule has 0 spiro atoms. The van der Waals surface area contributed by atoms with Gasteiger partial charge in [0.1, 0.15) is 11.6 Å². The Bertz CT molecular complexity index is 643. The average molecular weight is 317 g/mol. The minimum Gasteiger partial charge on any atom is -0.486 e. The zero-order valence-electron chi connectivity index (χ0n) is 12.7. The molecule has 0 unspecified atom stereocenters. The normalized spacial score (nSPS) is 14.1. The summed E-state index contributed by atoms with van der Waals surface area (Å²) in [6, 6.07) is 9.22. The molecule has 3 rings (SSSR count). The molecule has 22 heavy (non-hydrogen) atoms. The van der Waals surface area contributed by atoms with E-state index in [9.17, 15) is 4.39 Å². The molecule has 1 aromatic carbocycles. The summed E-state index contributed by atoms with van der Waals surface area (Å²) in [4.78, 5) is 4.39. The molecule has 0 amide bonds. The number of pyridine rings is 1. The van der Waals surface area contributed by atoms with Gasteiger partial charge in [0.25, 0.3) is 0 Å². The summed E-state index contributed by atoms with van der Waals surface area (Å²) in [7, 11) is 0. The topological polar surface area (TPSA) is 22.1 Å². The van der Waals surface area contributed by atoms with Crippen LogP contribution in [-0.4, -0.2) is 10.7 Å². The SMILES string of the molecule is CCCSc1ncccc1COc1ccc(C2CC2)cc1F. The summed E-state index contributed by atoms with van der Waals surface area (Å²) in [5.41, 5.74) is 2.09. The van der Waals surface area contributed by atoms with E-state index in [0.29, 0.717) is 18.3 Å². The molecular formula is C18H20FNOS. The second-order valence-corrected chi connectivity index (χ2v) is 6.65. The van der Waals surface area contributed by atoms with Crippen LogP contribution in [0.4, 0.5) is 4.39 Å². The Hall–Kier alpha value is -1.55. The first-order valence-electron chi connectivity index (χ1n) is 7.77. The van der Waals surface area contributed by atoms with Crippen LogP contribution in [0.3, 0.4) is 0 Å². The fourth-order valence-electron chi connectivity index (χ4n) is 2.32. The van der Waals surface area contributed by atoms with Crippen molar-refractivity contribution in [1.29, 1.82) is 0 Å². The quantitative estimate of drug-likeness (QED) is 0.657. The maximum Gasteiger partial charge on any atom is 0.165 e. The summed E-state index contributed by atoms with van der Waals surface area (Å²) < 4.78 is 19.8. The number of halogens is 1. The smallest absolute Gasteiger partial charge is 0.165 e. The number of ether oxygens (including phenoxy) is 1. The van der Waals surface area contributed by atoms with Crippen molar-refractivity contribution < 1.29 is 9.13 Å². The summed E-state index contributed by atoms with van der Waals surface area (Å²) in [6.07, 6.45) is 5.23. The van der Waals surface area contributed by atoms with Crippen LogP contribution < -0.4 is 4.74 Å². The van der Waals surface area contributed by atoms with Gasteiger partial charge >= 0.3 is 0 Å². The Morgan fingerprint density at radius 1 is 1.32 bits per heavy atom. The molecule has 0 N–H and O–H groups in total.